The van der Waals surface area contributed by atoms with E-state index in [4.69, 9.17) is 28.9 Å². The molecule has 2 N–H and O–H groups in total. The molecule has 0 radical (unpaired) electrons. The number of hydrogen-bond acceptors (Lipinski definition) is 5. The highest BCUT2D eigenvalue weighted by molar-refractivity contribution is 7.89. The first-order chi connectivity index (χ1) is 16.8. The summed E-state index contributed by atoms with van der Waals surface area (Å²) in [7, 11) is -4.29. The summed E-state index contributed by atoms with van der Waals surface area (Å²) in [6, 6.07) is 4.34. The first-order valence-electron chi connectivity index (χ1n) is 11.1. The van der Waals surface area contributed by atoms with E-state index in [9.17, 15) is 26.8 Å². The van der Waals surface area contributed by atoms with E-state index in [1.165, 1.54) is 29.2 Å². The molecule has 0 spiro atoms. The number of carbonyl (C=O) groups is 2. The Kier molecular flexibility index (Phi) is 7.33. The minimum Gasteiger partial charge on any atom is -0.335 e. The number of amides is 2. The van der Waals surface area contributed by atoms with Crippen LogP contribution in [0.1, 0.15) is 19.4 Å². The first kappa shape index (κ1) is 26.7. The molecule has 2 aromatic carbocycles. The van der Waals surface area contributed by atoms with Crippen molar-refractivity contribution in [3.05, 3.63) is 63.6 Å². The lowest BCUT2D eigenvalue weighted by Gasteiger charge is -2.53. The Balaban J connectivity index is 1.81. The molecular formula is C23H24Cl2F2N4O4S. The maximum absolute atomic E-state index is 13.9. The predicted octanol–water partition coefficient (Wildman–Crippen LogP) is 2.62. The van der Waals surface area contributed by atoms with E-state index in [-0.39, 0.29) is 46.1 Å². The van der Waals surface area contributed by atoms with Gasteiger partial charge in [0.1, 0.15) is 17.1 Å². The van der Waals surface area contributed by atoms with Gasteiger partial charge in [0.25, 0.3) is 0 Å². The molecule has 4 rings (SSSR count). The number of piperazine rings is 1. The van der Waals surface area contributed by atoms with Crippen molar-refractivity contribution in [2.45, 2.75) is 49.5 Å². The summed E-state index contributed by atoms with van der Waals surface area (Å²) in [5.74, 6) is -3.21. The van der Waals surface area contributed by atoms with Crippen molar-refractivity contribution in [3.63, 3.8) is 0 Å². The number of carbonyl (C=O) groups excluding carboxylic acids is 2. The summed E-state index contributed by atoms with van der Waals surface area (Å²) in [5, 5.41) is 0.136. The SMILES string of the molecule is CC(C)N1CC2N(C(=O)C(N)CN2S(=O)(=O)c2ccc(Cl)cc2Cl)C(Cc2ccc(F)c(F)c2)C1=O. The van der Waals surface area contributed by atoms with Gasteiger partial charge in [-0.2, -0.15) is 4.31 Å². The van der Waals surface area contributed by atoms with Crippen LogP contribution in [0.3, 0.4) is 0 Å². The van der Waals surface area contributed by atoms with Gasteiger partial charge in [-0.15, -0.1) is 0 Å². The molecule has 3 atom stereocenters. The van der Waals surface area contributed by atoms with Gasteiger partial charge in [0.15, 0.2) is 11.6 Å². The molecule has 2 heterocycles. The van der Waals surface area contributed by atoms with E-state index in [0.717, 1.165) is 21.3 Å². The summed E-state index contributed by atoms with van der Waals surface area (Å²) in [5.41, 5.74) is 6.33. The molecule has 2 aliphatic heterocycles. The fourth-order valence-corrected chi connectivity index (χ4v) is 6.94. The molecule has 0 bridgehead atoms. The fraction of sp³-hybridized carbons (Fsp3) is 0.391. The van der Waals surface area contributed by atoms with Crippen LogP contribution in [0.15, 0.2) is 41.3 Å². The molecule has 0 saturated carbocycles. The summed E-state index contributed by atoms with van der Waals surface area (Å²) >= 11 is 12.1. The van der Waals surface area contributed by atoms with Gasteiger partial charge in [-0.1, -0.05) is 29.3 Å². The van der Waals surface area contributed by atoms with Crippen LogP contribution in [0.4, 0.5) is 8.78 Å². The van der Waals surface area contributed by atoms with Crippen molar-refractivity contribution in [1.82, 2.24) is 14.1 Å². The third kappa shape index (κ3) is 4.70. The van der Waals surface area contributed by atoms with Crippen LogP contribution >= 0.6 is 23.2 Å². The van der Waals surface area contributed by atoms with Crippen LogP contribution in [0, 0.1) is 11.6 Å². The Bertz CT molecular complexity index is 1330. The molecule has 0 aromatic heterocycles. The highest BCUT2D eigenvalue weighted by Gasteiger charge is 2.53. The standard InChI is InChI=1S/C23H24Cl2F2N4O4S/c1-12(2)29-11-21-30(36(34,35)20-6-4-14(24)9-15(20)25)10-18(28)22(32)31(21)19(23(29)33)8-13-3-5-16(26)17(27)7-13/h3-7,9,12,18-19,21H,8,10-11,28H2,1-2H3. The average Bonchev–Trinajstić information content (AvgIpc) is 2.79. The third-order valence-corrected chi connectivity index (χ3v) is 8.96. The van der Waals surface area contributed by atoms with Gasteiger partial charge in [0.05, 0.1) is 17.6 Å². The zero-order chi connectivity index (χ0) is 26.5. The van der Waals surface area contributed by atoms with Crippen LogP contribution in [-0.4, -0.2) is 71.7 Å². The van der Waals surface area contributed by atoms with Crippen molar-refractivity contribution >= 4 is 45.0 Å². The highest BCUT2D eigenvalue weighted by Crippen LogP contribution is 2.34. The quantitative estimate of drug-likeness (QED) is 0.605. The Morgan fingerprint density at radius 3 is 2.33 bits per heavy atom. The molecule has 13 heteroatoms. The first-order valence-corrected chi connectivity index (χ1v) is 13.3. The molecule has 2 saturated heterocycles. The lowest BCUT2D eigenvalue weighted by Crippen LogP contribution is -2.75. The van der Waals surface area contributed by atoms with Crippen LogP contribution in [0.5, 0.6) is 0 Å². The van der Waals surface area contributed by atoms with E-state index >= 15 is 0 Å². The topological polar surface area (TPSA) is 104 Å². The second-order valence-corrected chi connectivity index (χ2v) is 11.7. The number of fused-ring (bicyclic) bond motifs is 1. The molecule has 0 aliphatic carbocycles. The van der Waals surface area contributed by atoms with Gasteiger partial charge in [0, 0.05) is 24.0 Å². The average molecular weight is 561 g/mol. The number of benzene rings is 2. The van der Waals surface area contributed by atoms with Crippen molar-refractivity contribution < 1.29 is 26.8 Å². The second-order valence-electron chi connectivity index (χ2n) is 9.03. The van der Waals surface area contributed by atoms with Crippen LogP contribution in [0.25, 0.3) is 0 Å². The van der Waals surface area contributed by atoms with Gasteiger partial charge < -0.3 is 15.5 Å². The number of nitrogens with two attached hydrogens (primary N) is 1. The van der Waals surface area contributed by atoms with Gasteiger partial charge in [-0.3, -0.25) is 9.59 Å². The molecule has 194 valence electrons. The maximum Gasteiger partial charge on any atom is 0.246 e. The van der Waals surface area contributed by atoms with E-state index in [1.807, 2.05) is 0 Å². The predicted molar refractivity (Wildman–Crippen MR) is 130 cm³/mol. The Labute approximate surface area is 217 Å². The van der Waals surface area contributed by atoms with E-state index in [0.29, 0.717) is 0 Å². The van der Waals surface area contributed by atoms with Gasteiger partial charge >= 0.3 is 0 Å². The number of rotatable bonds is 5. The molecule has 36 heavy (non-hydrogen) atoms. The maximum atomic E-state index is 13.9. The molecule has 8 nitrogen and oxygen atoms in total. The minimum atomic E-state index is -4.29. The molecule has 2 fully saturated rings. The monoisotopic (exact) mass is 560 g/mol. The molecule has 2 aliphatic rings. The van der Waals surface area contributed by atoms with E-state index in [1.54, 1.807) is 13.8 Å². The van der Waals surface area contributed by atoms with Crippen molar-refractivity contribution in [2.75, 3.05) is 13.1 Å². The highest BCUT2D eigenvalue weighted by atomic mass is 35.5. The fourth-order valence-electron chi connectivity index (χ4n) is 4.60. The smallest absolute Gasteiger partial charge is 0.246 e. The lowest BCUT2D eigenvalue weighted by molar-refractivity contribution is -0.167. The van der Waals surface area contributed by atoms with Crippen molar-refractivity contribution in [3.8, 4) is 0 Å². The van der Waals surface area contributed by atoms with Crippen molar-refractivity contribution in [2.24, 2.45) is 5.73 Å². The number of sulfonamides is 1. The van der Waals surface area contributed by atoms with Crippen LogP contribution in [0.2, 0.25) is 10.0 Å². The van der Waals surface area contributed by atoms with Crippen LogP contribution in [-0.2, 0) is 26.0 Å². The summed E-state index contributed by atoms with van der Waals surface area (Å²) in [6.45, 7) is 3.08. The second kappa shape index (κ2) is 9.86. The largest absolute Gasteiger partial charge is 0.335 e. The lowest BCUT2D eigenvalue weighted by atomic mass is 9.96. The Morgan fingerprint density at radius 2 is 1.72 bits per heavy atom. The molecule has 2 aromatic rings. The third-order valence-electron chi connectivity index (χ3n) is 6.38. The van der Waals surface area contributed by atoms with Gasteiger partial charge in [-0.05, 0) is 49.7 Å². The van der Waals surface area contributed by atoms with E-state index < -0.39 is 51.7 Å². The molecular weight excluding hydrogens is 537 g/mol. The zero-order valence-electron chi connectivity index (χ0n) is 19.4. The van der Waals surface area contributed by atoms with Crippen LogP contribution < -0.4 is 5.73 Å². The number of hydrogen-bond donors (Lipinski definition) is 1. The zero-order valence-corrected chi connectivity index (χ0v) is 21.7. The van der Waals surface area contributed by atoms with Gasteiger partial charge in [0.2, 0.25) is 21.8 Å². The number of nitrogens with zero attached hydrogens (tertiary/aromatic N) is 3. The molecule has 2 amide bonds. The normalized spacial score (nSPS) is 23.4. The van der Waals surface area contributed by atoms with Crippen molar-refractivity contribution in [1.29, 1.82) is 0 Å². The minimum absolute atomic E-state index is 0.103. The Morgan fingerprint density at radius 1 is 1.03 bits per heavy atom. The molecule has 3 unspecified atom stereocenters. The summed E-state index contributed by atoms with van der Waals surface area (Å²) < 4.78 is 55.9. The Hall–Kier alpha value is -2.31. The number of halogens is 4. The summed E-state index contributed by atoms with van der Waals surface area (Å²) in [6.07, 6.45) is -1.26. The van der Waals surface area contributed by atoms with Gasteiger partial charge in [-0.25, -0.2) is 17.2 Å². The summed E-state index contributed by atoms with van der Waals surface area (Å²) in [4.78, 5) is 29.1. The van der Waals surface area contributed by atoms with E-state index in [2.05, 4.69) is 0 Å².